The minimum absolute atomic E-state index is 0.133. The summed E-state index contributed by atoms with van der Waals surface area (Å²) in [5.74, 6) is 2.52. The number of nitrogens with zero attached hydrogens (tertiary/aromatic N) is 2. The first kappa shape index (κ1) is 24.1. The van der Waals surface area contributed by atoms with Gasteiger partial charge in [0.15, 0.2) is 0 Å². The molecule has 2 aliphatic carbocycles. The third kappa shape index (κ3) is 3.76. The Morgan fingerprint density at radius 3 is 2.58 bits per heavy atom. The largest absolute Gasteiger partial charge is 0.497 e. The summed E-state index contributed by atoms with van der Waals surface area (Å²) < 4.78 is 5.46. The van der Waals surface area contributed by atoms with E-state index in [0.717, 1.165) is 74.4 Å². The van der Waals surface area contributed by atoms with E-state index in [2.05, 4.69) is 46.3 Å². The molecule has 2 aromatic rings. The van der Waals surface area contributed by atoms with Gasteiger partial charge >= 0.3 is 0 Å². The van der Waals surface area contributed by atoms with Crippen LogP contribution in [-0.4, -0.2) is 68.0 Å². The molecule has 4 fully saturated rings. The molecular formula is C30H37N5O3. The van der Waals surface area contributed by atoms with Crippen LogP contribution in [0.15, 0.2) is 42.5 Å². The third-order valence-corrected chi connectivity index (χ3v) is 10.0. The molecule has 3 heterocycles. The van der Waals surface area contributed by atoms with Crippen molar-refractivity contribution in [3.8, 4) is 5.75 Å². The van der Waals surface area contributed by atoms with Crippen molar-refractivity contribution >= 4 is 17.5 Å². The minimum atomic E-state index is -0.376. The lowest BCUT2D eigenvalue weighted by Gasteiger charge is -2.34. The highest BCUT2D eigenvalue weighted by Crippen LogP contribution is 2.65. The number of benzene rings is 2. The summed E-state index contributed by atoms with van der Waals surface area (Å²) in [6, 6.07) is 14.8. The van der Waals surface area contributed by atoms with E-state index in [0.29, 0.717) is 23.8 Å². The van der Waals surface area contributed by atoms with Gasteiger partial charge in [0.05, 0.1) is 18.6 Å². The van der Waals surface area contributed by atoms with Gasteiger partial charge in [-0.25, -0.2) is 5.43 Å². The smallest absolute Gasteiger partial charge is 0.253 e. The maximum absolute atomic E-state index is 13.1. The van der Waals surface area contributed by atoms with Crippen molar-refractivity contribution < 1.29 is 14.3 Å². The number of nitrogens with one attached hydrogen (secondary N) is 3. The van der Waals surface area contributed by atoms with Gasteiger partial charge in [0, 0.05) is 43.5 Å². The molecule has 5 aliphatic rings. The lowest BCUT2D eigenvalue weighted by molar-refractivity contribution is -0.118. The topological polar surface area (TPSA) is 85.9 Å². The van der Waals surface area contributed by atoms with Crippen LogP contribution in [0.2, 0.25) is 0 Å². The summed E-state index contributed by atoms with van der Waals surface area (Å²) in [6.45, 7) is 3.44. The highest BCUT2D eigenvalue weighted by molar-refractivity contribution is 6.09. The van der Waals surface area contributed by atoms with E-state index >= 15 is 0 Å². The van der Waals surface area contributed by atoms with E-state index in [1.807, 2.05) is 29.2 Å². The fourth-order valence-corrected chi connectivity index (χ4v) is 7.73. The molecule has 7 rings (SSSR count). The van der Waals surface area contributed by atoms with Crippen LogP contribution >= 0.6 is 0 Å². The Hall–Kier alpha value is -2.94. The van der Waals surface area contributed by atoms with Crippen LogP contribution in [0.5, 0.6) is 5.75 Å². The van der Waals surface area contributed by atoms with Gasteiger partial charge in [-0.2, -0.15) is 0 Å². The minimum Gasteiger partial charge on any atom is -0.497 e. The van der Waals surface area contributed by atoms with E-state index in [1.165, 1.54) is 5.56 Å². The molecule has 2 aromatic carbocycles. The zero-order chi connectivity index (χ0) is 26.0. The molecule has 38 heavy (non-hydrogen) atoms. The molecule has 8 nitrogen and oxygen atoms in total. The van der Waals surface area contributed by atoms with Crippen LogP contribution in [0.1, 0.15) is 53.2 Å². The van der Waals surface area contributed by atoms with Gasteiger partial charge in [-0.05, 0) is 91.9 Å². The van der Waals surface area contributed by atoms with Gasteiger partial charge in [-0.1, -0.05) is 12.1 Å². The van der Waals surface area contributed by atoms with E-state index in [4.69, 9.17) is 4.74 Å². The van der Waals surface area contributed by atoms with Crippen molar-refractivity contribution in [3.05, 3.63) is 59.2 Å². The van der Waals surface area contributed by atoms with Gasteiger partial charge in [0.25, 0.3) is 5.91 Å². The predicted octanol–water partition coefficient (Wildman–Crippen LogP) is 2.93. The van der Waals surface area contributed by atoms with Crippen LogP contribution in [0, 0.1) is 17.8 Å². The fourth-order valence-electron chi connectivity index (χ4n) is 7.73. The average Bonchev–Trinajstić information content (AvgIpc) is 3.47. The standard InChI is InChI=1S/C30H37N5O3/c1-34-11-13-35(14-12-34)28(36)19-5-3-18(4-6-19)27-22-9-7-20(15-26(22)32-33-27)24-17-30(24)23-16-21(38-2)8-10-25(23)31-29(30)37/h3-6,8,10,16,20,22,24,26-27,32-33H,7,9,11-15,17H2,1-2H3,(H,31,37)/t20?,22?,24-,26?,27?,30-/m0/s1. The summed E-state index contributed by atoms with van der Waals surface area (Å²) in [7, 11) is 3.78. The average molecular weight is 516 g/mol. The number of hydrazine groups is 1. The normalized spacial score (nSPS) is 34.1. The van der Waals surface area contributed by atoms with Crippen molar-refractivity contribution in [2.45, 2.75) is 43.2 Å². The zero-order valence-corrected chi connectivity index (χ0v) is 22.2. The number of carbonyl (C=O) groups excluding carboxylic acids is 2. The number of methoxy groups -OCH3 is 1. The third-order valence-electron chi connectivity index (χ3n) is 10.0. The number of likely N-dealkylation sites (N-methyl/N-ethyl adjacent to an activating group) is 1. The first-order valence-electron chi connectivity index (χ1n) is 14.1. The van der Waals surface area contributed by atoms with Crippen molar-refractivity contribution in [2.24, 2.45) is 17.8 Å². The zero-order valence-electron chi connectivity index (χ0n) is 22.2. The molecule has 1 spiro atoms. The number of carbonyl (C=O) groups is 2. The monoisotopic (exact) mass is 515 g/mol. The molecule has 0 radical (unpaired) electrons. The first-order chi connectivity index (χ1) is 18.5. The summed E-state index contributed by atoms with van der Waals surface area (Å²) in [6.07, 6.45) is 4.27. The lowest BCUT2D eigenvalue weighted by atomic mass is 9.72. The predicted molar refractivity (Wildman–Crippen MR) is 145 cm³/mol. The molecule has 2 saturated heterocycles. The number of anilines is 1. The highest BCUT2D eigenvalue weighted by atomic mass is 16.5. The van der Waals surface area contributed by atoms with Crippen LogP contribution in [0.4, 0.5) is 5.69 Å². The van der Waals surface area contributed by atoms with Crippen LogP contribution in [0.25, 0.3) is 0 Å². The number of rotatable bonds is 4. The van der Waals surface area contributed by atoms with Crippen molar-refractivity contribution in [3.63, 3.8) is 0 Å². The number of amides is 2. The SMILES string of the molecule is COc1ccc2c(c1)[C@]1(C[C@H]1C1CCC3C(C1)NNC3c1ccc(C(=O)N3CCN(C)CC3)cc1)C(=O)N2. The molecule has 0 aromatic heterocycles. The summed E-state index contributed by atoms with van der Waals surface area (Å²) in [4.78, 5) is 30.3. The Morgan fingerprint density at radius 2 is 1.82 bits per heavy atom. The van der Waals surface area contributed by atoms with Gasteiger partial charge in [-0.15, -0.1) is 0 Å². The van der Waals surface area contributed by atoms with Crippen LogP contribution in [-0.2, 0) is 10.2 Å². The molecule has 6 atom stereocenters. The summed E-state index contributed by atoms with van der Waals surface area (Å²) in [5, 5.41) is 3.13. The second-order valence-corrected chi connectivity index (χ2v) is 12.0. The van der Waals surface area contributed by atoms with Crippen LogP contribution in [0.3, 0.4) is 0 Å². The Bertz CT molecular complexity index is 1260. The van der Waals surface area contributed by atoms with Gasteiger partial charge in [0.1, 0.15) is 5.75 Å². The van der Waals surface area contributed by atoms with Crippen molar-refractivity contribution in [1.82, 2.24) is 20.7 Å². The Balaban J connectivity index is 1.01. The molecule has 0 bridgehead atoms. The van der Waals surface area contributed by atoms with E-state index in [-0.39, 0.29) is 23.3 Å². The first-order valence-corrected chi connectivity index (χ1v) is 14.1. The summed E-state index contributed by atoms with van der Waals surface area (Å²) >= 11 is 0. The quantitative estimate of drug-likeness (QED) is 0.581. The molecule has 2 saturated carbocycles. The van der Waals surface area contributed by atoms with Crippen molar-refractivity contribution in [1.29, 1.82) is 0 Å². The van der Waals surface area contributed by atoms with Crippen LogP contribution < -0.4 is 20.9 Å². The maximum atomic E-state index is 13.1. The number of hydrogen-bond donors (Lipinski definition) is 3. The number of piperazine rings is 1. The lowest BCUT2D eigenvalue weighted by Crippen LogP contribution is -2.47. The highest BCUT2D eigenvalue weighted by Gasteiger charge is 2.67. The molecule has 3 N–H and O–H groups in total. The molecule has 3 aliphatic heterocycles. The number of fused-ring (bicyclic) bond motifs is 3. The molecule has 8 heteroatoms. The fraction of sp³-hybridized carbons (Fsp3) is 0.533. The Kier molecular flexibility index (Phi) is 5.76. The van der Waals surface area contributed by atoms with Gasteiger partial charge in [-0.3, -0.25) is 15.0 Å². The summed E-state index contributed by atoms with van der Waals surface area (Å²) in [5.41, 5.74) is 10.9. The number of hydrogen-bond acceptors (Lipinski definition) is 6. The van der Waals surface area contributed by atoms with E-state index in [9.17, 15) is 9.59 Å². The molecular weight excluding hydrogens is 478 g/mol. The van der Waals surface area contributed by atoms with Gasteiger partial charge in [0.2, 0.25) is 5.91 Å². The van der Waals surface area contributed by atoms with Crippen molar-refractivity contribution in [2.75, 3.05) is 45.7 Å². The maximum Gasteiger partial charge on any atom is 0.253 e. The Labute approximate surface area is 224 Å². The molecule has 200 valence electrons. The van der Waals surface area contributed by atoms with E-state index in [1.54, 1.807) is 7.11 Å². The molecule has 4 unspecified atom stereocenters. The second-order valence-electron chi connectivity index (χ2n) is 12.0. The Morgan fingerprint density at radius 1 is 1.03 bits per heavy atom. The number of ether oxygens (including phenoxy) is 1. The molecule has 2 amide bonds. The van der Waals surface area contributed by atoms with Gasteiger partial charge < -0.3 is 19.9 Å². The van der Waals surface area contributed by atoms with E-state index < -0.39 is 0 Å². The second kappa shape index (κ2) is 9.07.